The minimum atomic E-state index is 0.00417. The van der Waals surface area contributed by atoms with Gasteiger partial charge in [-0.2, -0.15) is 0 Å². The van der Waals surface area contributed by atoms with Crippen molar-refractivity contribution in [3.05, 3.63) is 59.4 Å². The number of amides is 1. The SMILES string of the molecule is Cc1[nH]ccc1C(=O)NC[C@@H](c1ccccc1)N1CCCCCC1. The highest BCUT2D eigenvalue weighted by Gasteiger charge is 2.22. The van der Waals surface area contributed by atoms with E-state index in [4.69, 9.17) is 0 Å². The standard InChI is InChI=1S/C20H27N3O/c1-16-18(11-12-21-16)20(24)22-15-19(17-9-5-4-6-10-17)23-13-7-2-3-8-14-23/h4-6,9-12,19,21H,2-3,7-8,13-15H2,1H3,(H,22,24)/t19-/m0/s1. The van der Waals surface area contributed by atoms with Crippen LogP contribution in [-0.4, -0.2) is 35.4 Å². The summed E-state index contributed by atoms with van der Waals surface area (Å²) < 4.78 is 0. The van der Waals surface area contributed by atoms with Crippen molar-refractivity contribution >= 4 is 5.91 Å². The Morgan fingerprint density at radius 3 is 2.46 bits per heavy atom. The zero-order chi connectivity index (χ0) is 16.8. The highest BCUT2D eigenvalue weighted by Crippen LogP contribution is 2.23. The first kappa shape index (κ1) is 16.8. The fourth-order valence-corrected chi connectivity index (χ4v) is 3.52. The zero-order valence-corrected chi connectivity index (χ0v) is 14.4. The van der Waals surface area contributed by atoms with Gasteiger partial charge in [0.1, 0.15) is 0 Å². The number of rotatable bonds is 5. The van der Waals surface area contributed by atoms with Crippen molar-refractivity contribution < 1.29 is 4.79 Å². The lowest BCUT2D eigenvalue weighted by atomic mass is 10.0. The molecule has 1 saturated heterocycles. The van der Waals surface area contributed by atoms with Gasteiger partial charge in [-0.15, -0.1) is 0 Å². The molecule has 0 bridgehead atoms. The number of carbonyl (C=O) groups excluding carboxylic acids is 1. The highest BCUT2D eigenvalue weighted by molar-refractivity contribution is 5.95. The summed E-state index contributed by atoms with van der Waals surface area (Å²) in [5.41, 5.74) is 2.93. The molecule has 0 spiro atoms. The van der Waals surface area contributed by atoms with Crippen LogP contribution in [0.3, 0.4) is 0 Å². The number of benzene rings is 1. The van der Waals surface area contributed by atoms with Gasteiger partial charge in [0.05, 0.1) is 11.6 Å². The molecule has 3 rings (SSSR count). The maximum Gasteiger partial charge on any atom is 0.253 e. The Kier molecular flexibility index (Phi) is 5.70. The second-order valence-electron chi connectivity index (χ2n) is 6.60. The molecular formula is C20H27N3O. The van der Waals surface area contributed by atoms with Crippen molar-refractivity contribution in [3.63, 3.8) is 0 Å². The van der Waals surface area contributed by atoms with Gasteiger partial charge < -0.3 is 10.3 Å². The van der Waals surface area contributed by atoms with Crippen LogP contribution in [0.15, 0.2) is 42.6 Å². The first-order valence-electron chi connectivity index (χ1n) is 8.97. The average molecular weight is 325 g/mol. The maximum absolute atomic E-state index is 12.5. The molecule has 0 saturated carbocycles. The normalized spacial score (nSPS) is 17.2. The van der Waals surface area contributed by atoms with Gasteiger partial charge in [-0.1, -0.05) is 43.2 Å². The van der Waals surface area contributed by atoms with Gasteiger partial charge in [0, 0.05) is 18.4 Å². The molecule has 1 aliphatic rings. The number of aromatic nitrogens is 1. The van der Waals surface area contributed by atoms with Gasteiger partial charge in [0.15, 0.2) is 0 Å². The van der Waals surface area contributed by atoms with Crippen LogP contribution in [0.2, 0.25) is 0 Å². The van der Waals surface area contributed by atoms with E-state index in [-0.39, 0.29) is 11.9 Å². The first-order valence-corrected chi connectivity index (χ1v) is 8.97. The van der Waals surface area contributed by atoms with Crippen molar-refractivity contribution in [2.24, 2.45) is 0 Å². The topological polar surface area (TPSA) is 48.1 Å². The Bertz CT molecular complexity index is 642. The Morgan fingerprint density at radius 2 is 1.83 bits per heavy atom. The van der Waals surface area contributed by atoms with E-state index in [1.165, 1.54) is 31.2 Å². The Morgan fingerprint density at radius 1 is 1.12 bits per heavy atom. The van der Waals surface area contributed by atoms with Crippen molar-refractivity contribution in [2.45, 2.75) is 38.6 Å². The van der Waals surface area contributed by atoms with Gasteiger partial charge >= 0.3 is 0 Å². The lowest BCUT2D eigenvalue weighted by Gasteiger charge is -2.31. The van der Waals surface area contributed by atoms with E-state index in [0.717, 1.165) is 24.3 Å². The van der Waals surface area contributed by atoms with Crippen LogP contribution in [0.4, 0.5) is 0 Å². The van der Waals surface area contributed by atoms with Gasteiger partial charge in [0.25, 0.3) is 5.91 Å². The fraction of sp³-hybridized carbons (Fsp3) is 0.450. The van der Waals surface area contributed by atoms with Gasteiger partial charge in [-0.05, 0) is 44.5 Å². The molecule has 1 aromatic heterocycles. The Balaban J connectivity index is 1.72. The predicted molar refractivity (Wildman–Crippen MR) is 97.1 cm³/mol. The number of nitrogens with one attached hydrogen (secondary N) is 2. The Labute approximate surface area is 144 Å². The molecule has 1 amide bonds. The molecule has 1 fully saturated rings. The van der Waals surface area contributed by atoms with Crippen LogP contribution in [0.25, 0.3) is 0 Å². The van der Waals surface area contributed by atoms with Crippen LogP contribution < -0.4 is 5.32 Å². The average Bonchev–Trinajstić information content (AvgIpc) is 2.86. The molecule has 128 valence electrons. The lowest BCUT2D eigenvalue weighted by molar-refractivity contribution is 0.0933. The van der Waals surface area contributed by atoms with Gasteiger partial charge in [-0.3, -0.25) is 9.69 Å². The number of H-pyrrole nitrogens is 1. The molecule has 2 heterocycles. The molecule has 2 aromatic rings. The highest BCUT2D eigenvalue weighted by atomic mass is 16.1. The van der Waals surface area contributed by atoms with Crippen molar-refractivity contribution in [3.8, 4) is 0 Å². The first-order chi connectivity index (χ1) is 11.8. The summed E-state index contributed by atoms with van der Waals surface area (Å²) in [4.78, 5) is 18.1. The summed E-state index contributed by atoms with van der Waals surface area (Å²) in [6, 6.07) is 12.6. The van der Waals surface area contributed by atoms with Crippen LogP contribution in [0.5, 0.6) is 0 Å². The molecule has 1 aliphatic heterocycles. The largest absolute Gasteiger partial charge is 0.365 e. The molecule has 0 unspecified atom stereocenters. The number of nitrogens with zero attached hydrogens (tertiary/aromatic N) is 1. The third-order valence-electron chi connectivity index (χ3n) is 4.92. The summed E-state index contributed by atoms with van der Waals surface area (Å²) in [5.74, 6) is 0.00417. The number of hydrogen-bond acceptors (Lipinski definition) is 2. The van der Waals surface area contributed by atoms with E-state index >= 15 is 0 Å². The maximum atomic E-state index is 12.5. The molecule has 0 aliphatic carbocycles. The molecular weight excluding hydrogens is 298 g/mol. The quantitative estimate of drug-likeness (QED) is 0.881. The van der Waals surface area contributed by atoms with Crippen LogP contribution in [0.1, 0.15) is 53.3 Å². The molecule has 1 atom stereocenters. The molecule has 4 heteroatoms. The van der Waals surface area contributed by atoms with Crippen LogP contribution in [-0.2, 0) is 0 Å². The third kappa shape index (κ3) is 4.06. The van der Waals surface area contributed by atoms with E-state index in [1.54, 1.807) is 0 Å². The molecule has 0 radical (unpaired) electrons. The number of aromatic amines is 1. The second kappa shape index (κ2) is 8.15. The summed E-state index contributed by atoms with van der Waals surface area (Å²) in [5, 5.41) is 3.14. The minimum absolute atomic E-state index is 0.00417. The summed E-state index contributed by atoms with van der Waals surface area (Å²) in [6.45, 7) is 4.79. The number of aryl methyl sites for hydroxylation is 1. The Hall–Kier alpha value is -2.07. The fourth-order valence-electron chi connectivity index (χ4n) is 3.52. The number of carbonyl (C=O) groups is 1. The van der Waals surface area contributed by atoms with E-state index in [0.29, 0.717) is 6.54 Å². The summed E-state index contributed by atoms with van der Waals surface area (Å²) >= 11 is 0. The van der Waals surface area contributed by atoms with Crippen LogP contribution >= 0.6 is 0 Å². The minimum Gasteiger partial charge on any atom is -0.365 e. The van der Waals surface area contributed by atoms with Crippen molar-refractivity contribution in [2.75, 3.05) is 19.6 Å². The molecule has 1 aromatic carbocycles. The molecule has 4 nitrogen and oxygen atoms in total. The third-order valence-corrected chi connectivity index (χ3v) is 4.92. The number of hydrogen-bond donors (Lipinski definition) is 2. The lowest BCUT2D eigenvalue weighted by Crippen LogP contribution is -2.38. The van der Waals surface area contributed by atoms with E-state index in [2.05, 4.69) is 39.5 Å². The van der Waals surface area contributed by atoms with Crippen LogP contribution in [0, 0.1) is 6.92 Å². The van der Waals surface area contributed by atoms with Crippen molar-refractivity contribution in [1.82, 2.24) is 15.2 Å². The van der Waals surface area contributed by atoms with Crippen molar-refractivity contribution in [1.29, 1.82) is 0 Å². The van der Waals surface area contributed by atoms with E-state index in [1.807, 2.05) is 25.3 Å². The number of likely N-dealkylation sites (tertiary alicyclic amines) is 1. The van der Waals surface area contributed by atoms with Gasteiger partial charge in [-0.25, -0.2) is 0 Å². The molecule has 24 heavy (non-hydrogen) atoms. The molecule has 2 N–H and O–H groups in total. The second-order valence-corrected chi connectivity index (χ2v) is 6.60. The summed E-state index contributed by atoms with van der Waals surface area (Å²) in [6.07, 6.45) is 6.93. The van der Waals surface area contributed by atoms with E-state index < -0.39 is 0 Å². The van der Waals surface area contributed by atoms with Gasteiger partial charge in [0.2, 0.25) is 0 Å². The summed E-state index contributed by atoms with van der Waals surface area (Å²) in [7, 11) is 0. The zero-order valence-electron chi connectivity index (χ0n) is 14.4. The predicted octanol–water partition coefficient (Wildman–Crippen LogP) is 3.67. The van der Waals surface area contributed by atoms with E-state index in [9.17, 15) is 4.79 Å². The smallest absolute Gasteiger partial charge is 0.253 e. The monoisotopic (exact) mass is 325 g/mol.